The zero-order valence-corrected chi connectivity index (χ0v) is 16.1. The van der Waals surface area contributed by atoms with Crippen LogP contribution < -0.4 is 24.8 Å². The minimum atomic E-state index is 0.589. The zero-order chi connectivity index (χ0) is 18.8. The third-order valence-electron chi connectivity index (χ3n) is 4.20. The number of ether oxygens (including phenoxy) is 4. The number of nitrogens with one attached hydrogen (secondary N) is 2. The molecule has 1 aromatic carbocycles. The number of hydrogen-bond acceptors (Lipinski definition) is 5. The number of guanidine groups is 1. The summed E-state index contributed by atoms with van der Waals surface area (Å²) in [5.74, 6) is 2.62. The molecule has 2 N–H and O–H groups in total. The Morgan fingerprint density at radius 1 is 1.12 bits per heavy atom. The van der Waals surface area contributed by atoms with Gasteiger partial charge < -0.3 is 29.6 Å². The third kappa shape index (κ3) is 5.56. The summed E-state index contributed by atoms with van der Waals surface area (Å²) in [5.41, 5.74) is 2.44. The first kappa shape index (κ1) is 19.9. The van der Waals surface area contributed by atoms with E-state index in [-0.39, 0.29) is 0 Å². The molecule has 1 heterocycles. The zero-order valence-electron chi connectivity index (χ0n) is 16.1. The Bertz CT molecular complexity index is 619. The Labute approximate surface area is 155 Å². The molecule has 0 amide bonds. The molecule has 0 atom stereocenters. The molecule has 0 aliphatic carbocycles. The summed E-state index contributed by atoms with van der Waals surface area (Å²) in [6, 6.07) is 3.85. The molecule has 144 valence electrons. The summed E-state index contributed by atoms with van der Waals surface area (Å²) in [6.07, 6.45) is 4.17. The van der Waals surface area contributed by atoms with Gasteiger partial charge in [0.2, 0.25) is 5.75 Å². The van der Waals surface area contributed by atoms with Crippen LogP contribution in [-0.4, -0.2) is 54.1 Å². The van der Waals surface area contributed by atoms with Crippen LogP contribution in [-0.2, 0) is 11.3 Å². The van der Waals surface area contributed by atoms with Crippen molar-refractivity contribution >= 4 is 5.96 Å². The van der Waals surface area contributed by atoms with Gasteiger partial charge in [0.25, 0.3) is 0 Å². The summed E-state index contributed by atoms with van der Waals surface area (Å²) in [5, 5.41) is 6.64. The van der Waals surface area contributed by atoms with Crippen LogP contribution in [0.4, 0.5) is 0 Å². The Balaban J connectivity index is 1.90. The second kappa shape index (κ2) is 10.6. The maximum absolute atomic E-state index is 5.39. The Morgan fingerprint density at radius 2 is 1.85 bits per heavy atom. The van der Waals surface area contributed by atoms with Crippen LogP contribution in [0.2, 0.25) is 0 Å². The lowest BCUT2D eigenvalue weighted by Crippen LogP contribution is -2.37. The summed E-state index contributed by atoms with van der Waals surface area (Å²) >= 11 is 0. The topological polar surface area (TPSA) is 73.3 Å². The van der Waals surface area contributed by atoms with Crippen LogP contribution in [0.5, 0.6) is 17.2 Å². The molecule has 0 spiro atoms. The highest BCUT2D eigenvalue weighted by Gasteiger charge is 2.13. The highest BCUT2D eigenvalue weighted by Crippen LogP contribution is 2.38. The van der Waals surface area contributed by atoms with E-state index < -0.39 is 0 Å². The van der Waals surface area contributed by atoms with Crippen molar-refractivity contribution in [3.8, 4) is 17.2 Å². The maximum Gasteiger partial charge on any atom is 0.203 e. The highest BCUT2D eigenvalue weighted by molar-refractivity contribution is 5.79. The van der Waals surface area contributed by atoms with E-state index in [2.05, 4.69) is 21.7 Å². The first-order valence-corrected chi connectivity index (χ1v) is 8.70. The van der Waals surface area contributed by atoms with Gasteiger partial charge in [-0.3, -0.25) is 4.99 Å². The van der Waals surface area contributed by atoms with Crippen molar-refractivity contribution in [2.24, 2.45) is 4.99 Å². The molecule has 0 unspecified atom stereocenters. The molecule has 1 aliphatic heterocycles. The second-order valence-electron chi connectivity index (χ2n) is 5.82. The van der Waals surface area contributed by atoms with Gasteiger partial charge in [0, 0.05) is 20.1 Å². The molecular weight excluding hydrogens is 334 g/mol. The SMILES string of the molecule is CN=C(NCCC1=CCOCC1)NCc1cc(OC)c(OC)c(OC)c1. The molecule has 0 aromatic heterocycles. The fraction of sp³-hybridized carbons (Fsp3) is 0.526. The summed E-state index contributed by atoms with van der Waals surface area (Å²) in [7, 11) is 6.58. The fourth-order valence-corrected chi connectivity index (χ4v) is 2.78. The normalized spacial score (nSPS) is 14.5. The number of benzene rings is 1. The van der Waals surface area contributed by atoms with E-state index >= 15 is 0 Å². The molecule has 0 fully saturated rings. The molecule has 0 radical (unpaired) electrons. The molecule has 7 nitrogen and oxygen atoms in total. The first-order valence-electron chi connectivity index (χ1n) is 8.70. The lowest BCUT2D eigenvalue weighted by molar-refractivity contribution is 0.153. The van der Waals surface area contributed by atoms with Crippen molar-refractivity contribution in [1.82, 2.24) is 10.6 Å². The molecule has 0 bridgehead atoms. The number of nitrogens with zero attached hydrogens (tertiary/aromatic N) is 1. The van der Waals surface area contributed by atoms with Gasteiger partial charge in [0.1, 0.15) is 0 Å². The quantitative estimate of drug-likeness (QED) is 0.419. The van der Waals surface area contributed by atoms with Gasteiger partial charge in [0.15, 0.2) is 17.5 Å². The van der Waals surface area contributed by atoms with Crippen molar-refractivity contribution in [2.75, 3.05) is 48.1 Å². The highest BCUT2D eigenvalue weighted by atomic mass is 16.5. The number of hydrogen-bond donors (Lipinski definition) is 2. The van der Waals surface area contributed by atoms with Crippen molar-refractivity contribution in [2.45, 2.75) is 19.4 Å². The van der Waals surface area contributed by atoms with Crippen LogP contribution in [0.25, 0.3) is 0 Å². The molecule has 0 saturated carbocycles. The summed E-state index contributed by atoms with van der Waals surface area (Å²) in [6.45, 7) is 2.97. The predicted molar refractivity (Wildman–Crippen MR) is 102 cm³/mol. The minimum Gasteiger partial charge on any atom is -0.493 e. The third-order valence-corrected chi connectivity index (χ3v) is 4.20. The van der Waals surface area contributed by atoms with Gasteiger partial charge in [-0.1, -0.05) is 11.6 Å². The Hall–Kier alpha value is -2.41. The summed E-state index contributed by atoms with van der Waals surface area (Å²) < 4.78 is 21.5. The fourth-order valence-electron chi connectivity index (χ4n) is 2.78. The van der Waals surface area contributed by atoms with Crippen LogP contribution in [0, 0.1) is 0 Å². The van der Waals surface area contributed by atoms with E-state index in [9.17, 15) is 0 Å². The monoisotopic (exact) mass is 363 g/mol. The van der Waals surface area contributed by atoms with Crippen molar-refractivity contribution < 1.29 is 18.9 Å². The van der Waals surface area contributed by atoms with Crippen LogP contribution in [0.15, 0.2) is 28.8 Å². The van der Waals surface area contributed by atoms with Gasteiger partial charge in [-0.2, -0.15) is 0 Å². The number of aliphatic imine (C=N–C) groups is 1. The van der Waals surface area contributed by atoms with Crippen LogP contribution in [0.3, 0.4) is 0 Å². The predicted octanol–water partition coefficient (Wildman–Crippen LogP) is 2.11. The number of rotatable bonds is 8. The standard InChI is InChI=1S/C19H29N3O4/c1-20-19(21-8-5-14-6-9-26-10-7-14)22-13-15-11-16(23-2)18(25-4)17(12-15)24-3/h6,11-12H,5,7-10,13H2,1-4H3,(H2,20,21,22). The van der Waals surface area contributed by atoms with E-state index in [1.807, 2.05) is 12.1 Å². The molecule has 1 aromatic rings. The molecule has 0 saturated heterocycles. The average molecular weight is 363 g/mol. The van der Waals surface area contributed by atoms with Crippen molar-refractivity contribution in [3.63, 3.8) is 0 Å². The Kier molecular flexibility index (Phi) is 8.08. The summed E-state index contributed by atoms with van der Waals surface area (Å²) in [4.78, 5) is 4.27. The van der Waals surface area contributed by atoms with Crippen molar-refractivity contribution in [1.29, 1.82) is 0 Å². The van der Waals surface area contributed by atoms with E-state index in [4.69, 9.17) is 18.9 Å². The Morgan fingerprint density at radius 3 is 2.38 bits per heavy atom. The van der Waals surface area contributed by atoms with Gasteiger partial charge >= 0.3 is 0 Å². The van der Waals surface area contributed by atoms with Gasteiger partial charge in [-0.05, 0) is 30.5 Å². The lowest BCUT2D eigenvalue weighted by atomic mass is 10.1. The second-order valence-corrected chi connectivity index (χ2v) is 5.82. The number of methoxy groups -OCH3 is 3. The van der Waals surface area contributed by atoms with E-state index in [0.717, 1.165) is 44.1 Å². The van der Waals surface area contributed by atoms with Gasteiger partial charge in [-0.25, -0.2) is 0 Å². The molecular formula is C19H29N3O4. The van der Waals surface area contributed by atoms with E-state index in [0.29, 0.717) is 23.8 Å². The minimum absolute atomic E-state index is 0.589. The van der Waals surface area contributed by atoms with E-state index in [1.54, 1.807) is 28.4 Å². The van der Waals surface area contributed by atoms with Crippen molar-refractivity contribution in [3.05, 3.63) is 29.3 Å². The first-order chi connectivity index (χ1) is 12.7. The van der Waals surface area contributed by atoms with Crippen LogP contribution in [0.1, 0.15) is 18.4 Å². The van der Waals surface area contributed by atoms with Gasteiger partial charge in [0.05, 0.1) is 34.5 Å². The van der Waals surface area contributed by atoms with Crippen LogP contribution >= 0.6 is 0 Å². The maximum atomic E-state index is 5.39. The molecule has 7 heteroatoms. The van der Waals surface area contributed by atoms with E-state index in [1.165, 1.54) is 5.57 Å². The average Bonchev–Trinajstić information content (AvgIpc) is 2.70. The molecule has 2 rings (SSSR count). The van der Waals surface area contributed by atoms with Gasteiger partial charge in [-0.15, -0.1) is 0 Å². The molecule has 1 aliphatic rings. The smallest absolute Gasteiger partial charge is 0.203 e. The molecule has 26 heavy (non-hydrogen) atoms. The lowest BCUT2D eigenvalue weighted by Gasteiger charge is -2.17. The largest absolute Gasteiger partial charge is 0.493 e.